The molecule has 2 aromatic rings. The van der Waals surface area contributed by atoms with E-state index in [2.05, 4.69) is 84.5 Å². The van der Waals surface area contributed by atoms with Gasteiger partial charge in [0, 0.05) is 10.2 Å². The summed E-state index contributed by atoms with van der Waals surface area (Å²) >= 11 is 3.72. The predicted molar refractivity (Wildman–Crippen MR) is 93.8 cm³/mol. The van der Waals surface area contributed by atoms with Gasteiger partial charge in [0.1, 0.15) is 0 Å². The number of aryl methyl sites for hydroxylation is 2. The molecule has 0 aromatic heterocycles. The van der Waals surface area contributed by atoms with E-state index in [4.69, 9.17) is 0 Å². The molecule has 1 atom stereocenters. The quantitative estimate of drug-likeness (QED) is 0.717. The highest BCUT2D eigenvalue weighted by molar-refractivity contribution is 9.10. The second-order valence-corrected chi connectivity index (χ2v) is 7.49. The minimum absolute atomic E-state index is 0.248. The number of benzene rings is 2. The van der Waals surface area contributed by atoms with Crippen molar-refractivity contribution in [3.05, 3.63) is 63.6 Å². The van der Waals surface area contributed by atoms with Gasteiger partial charge in [-0.2, -0.15) is 0 Å². The number of hydrogen-bond donors (Lipinski definition) is 1. The van der Waals surface area contributed by atoms with Crippen LogP contribution in [0.15, 0.2) is 46.9 Å². The Balaban J connectivity index is 2.01. The Labute approximate surface area is 135 Å². The summed E-state index contributed by atoms with van der Waals surface area (Å²) in [5.74, 6) is 0. The molecule has 2 aromatic carbocycles. The molecule has 0 saturated heterocycles. The van der Waals surface area contributed by atoms with Crippen molar-refractivity contribution in [1.29, 1.82) is 0 Å². The first-order chi connectivity index (χ1) is 9.99. The van der Waals surface area contributed by atoms with E-state index in [-0.39, 0.29) is 5.41 Å². The van der Waals surface area contributed by atoms with Gasteiger partial charge in [0.05, 0.1) is 6.04 Å². The predicted octanol–water partition coefficient (Wildman–Crippen LogP) is 5.88. The first-order valence-corrected chi connectivity index (χ1v) is 8.38. The maximum atomic E-state index is 3.79. The number of hydrogen-bond acceptors (Lipinski definition) is 1. The van der Waals surface area contributed by atoms with Crippen molar-refractivity contribution in [3.8, 4) is 0 Å². The fourth-order valence-electron chi connectivity index (χ4n) is 3.25. The third-order valence-electron chi connectivity index (χ3n) is 4.68. The van der Waals surface area contributed by atoms with Crippen molar-refractivity contribution in [2.75, 3.05) is 5.32 Å². The van der Waals surface area contributed by atoms with E-state index in [1.165, 1.54) is 39.7 Å². The van der Waals surface area contributed by atoms with Gasteiger partial charge in [0.25, 0.3) is 0 Å². The van der Waals surface area contributed by atoms with Gasteiger partial charge in [-0.3, -0.25) is 0 Å². The van der Waals surface area contributed by atoms with Crippen LogP contribution in [0.1, 0.15) is 43.0 Å². The van der Waals surface area contributed by atoms with Crippen molar-refractivity contribution in [2.24, 2.45) is 5.41 Å². The monoisotopic (exact) mass is 343 g/mol. The number of rotatable bonds is 2. The molecule has 0 saturated carbocycles. The Morgan fingerprint density at radius 1 is 1.10 bits per heavy atom. The Hall–Kier alpha value is -1.28. The Kier molecular flexibility index (Phi) is 3.83. The van der Waals surface area contributed by atoms with E-state index < -0.39 is 0 Å². The number of halogens is 1. The van der Waals surface area contributed by atoms with E-state index in [1.54, 1.807) is 0 Å². The van der Waals surface area contributed by atoms with Crippen LogP contribution in [-0.2, 0) is 6.42 Å². The molecule has 0 bridgehead atoms. The maximum Gasteiger partial charge on any atom is 0.0567 e. The van der Waals surface area contributed by atoms with Crippen molar-refractivity contribution in [2.45, 2.75) is 39.7 Å². The molecule has 3 rings (SSSR count). The van der Waals surface area contributed by atoms with Crippen molar-refractivity contribution >= 4 is 21.6 Å². The number of anilines is 1. The van der Waals surface area contributed by atoms with Crippen LogP contribution in [0.4, 0.5) is 5.69 Å². The lowest BCUT2D eigenvalue weighted by Gasteiger charge is -2.41. The molecule has 1 nitrogen and oxygen atoms in total. The van der Waals surface area contributed by atoms with Gasteiger partial charge in [0.2, 0.25) is 0 Å². The average Bonchev–Trinajstić information content (AvgIpc) is 2.46. The number of fused-ring (bicyclic) bond motifs is 1. The van der Waals surface area contributed by atoms with E-state index in [0.29, 0.717) is 6.04 Å². The molecular formula is C19H22BrN. The molecular weight excluding hydrogens is 322 g/mol. The summed E-state index contributed by atoms with van der Waals surface area (Å²) in [4.78, 5) is 0. The summed E-state index contributed by atoms with van der Waals surface area (Å²) in [6.45, 7) is 6.86. The second kappa shape index (κ2) is 5.49. The lowest BCUT2D eigenvalue weighted by molar-refractivity contribution is 0.265. The lowest BCUT2D eigenvalue weighted by Crippen LogP contribution is -2.33. The van der Waals surface area contributed by atoms with Gasteiger partial charge in [-0.1, -0.05) is 50.2 Å². The Bertz CT molecular complexity index is 660. The highest BCUT2D eigenvalue weighted by Gasteiger charge is 2.35. The van der Waals surface area contributed by atoms with E-state index in [1.807, 2.05) is 0 Å². The maximum absolute atomic E-state index is 3.79. The molecule has 0 spiro atoms. The zero-order valence-electron chi connectivity index (χ0n) is 12.9. The van der Waals surface area contributed by atoms with Crippen LogP contribution >= 0.6 is 15.9 Å². The summed E-state index contributed by atoms with van der Waals surface area (Å²) in [5, 5.41) is 3.79. The normalized spacial score (nSPS) is 19.9. The van der Waals surface area contributed by atoms with E-state index in [9.17, 15) is 0 Å². The topological polar surface area (TPSA) is 12.0 Å². The minimum Gasteiger partial charge on any atom is -0.377 e. The van der Waals surface area contributed by atoms with Crippen molar-refractivity contribution in [1.82, 2.24) is 0 Å². The van der Waals surface area contributed by atoms with Crippen LogP contribution in [-0.4, -0.2) is 0 Å². The Morgan fingerprint density at radius 3 is 2.67 bits per heavy atom. The Morgan fingerprint density at radius 2 is 1.86 bits per heavy atom. The van der Waals surface area contributed by atoms with Crippen LogP contribution in [0.25, 0.3) is 0 Å². The van der Waals surface area contributed by atoms with Gasteiger partial charge in [-0.25, -0.2) is 0 Å². The van der Waals surface area contributed by atoms with Gasteiger partial charge >= 0.3 is 0 Å². The first kappa shape index (κ1) is 14.6. The zero-order chi connectivity index (χ0) is 15.0. The molecule has 1 unspecified atom stereocenters. The SMILES string of the molecule is Cc1cccc(NC2c3ccccc3CCC2(C)C)c1Br. The van der Waals surface area contributed by atoms with Crippen LogP contribution < -0.4 is 5.32 Å². The molecule has 1 aliphatic carbocycles. The van der Waals surface area contributed by atoms with Gasteiger partial charge in [0.15, 0.2) is 0 Å². The third-order valence-corrected chi connectivity index (χ3v) is 5.73. The van der Waals surface area contributed by atoms with Gasteiger partial charge in [-0.05, 0) is 63.9 Å². The minimum atomic E-state index is 0.248. The number of nitrogens with one attached hydrogen (secondary N) is 1. The van der Waals surface area contributed by atoms with Crippen molar-refractivity contribution in [3.63, 3.8) is 0 Å². The zero-order valence-corrected chi connectivity index (χ0v) is 14.5. The molecule has 110 valence electrons. The van der Waals surface area contributed by atoms with Gasteiger partial charge < -0.3 is 5.32 Å². The first-order valence-electron chi connectivity index (χ1n) is 7.58. The molecule has 21 heavy (non-hydrogen) atoms. The molecule has 0 heterocycles. The standard InChI is InChI=1S/C19H22BrN/c1-13-7-6-10-16(17(13)20)21-18-15-9-5-4-8-14(15)11-12-19(18,2)3/h4-10,18,21H,11-12H2,1-3H3. The molecule has 1 aliphatic rings. The molecule has 0 fully saturated rings. The highest BCUT2D eigenvalue weighted by Crippen LogP contribution is 2.46. The molecule has 0 aliphatic heterocycles. The fourth-order valence-corrected chi connectivity index (χ4v) is 3.63. The summed E-state index contributed by atoms with van der Waals surface area (Å²) in [6, 6.07) is 15.6. The average molecular weight is 344 g/mol. The van der Waals surface area contributed by atoms with E-state index >= 15 is 0 Å². The summed E-state index contributed by atoms with van der Waals surface area (Å²) in [6.07, 6.45) is 2.39. The molecule has 0 radical (unpaired) electrons. The van der Waals surface area contributed by atoms with Crippen LogP contribution in [0.2, 0.25) is 0 Å². The molecule has 1 N–H and O–H groups in total. The highest BCUT2D eigenvalue weighted by atomic mass is 79.9. The van der Waals surface area contributed by atoms with Crippen LogP contribution in [0, 0.1) is 12.3 Å². The third kappa shape index (κ3) is 2.74. The summed E-state index contributed by atoms with van der Waals surface area (Å²) in [7, 11) is 0. The lowest BCUT2D eigenvalue weighted by atomic mass is 9.70. The molecule has 2 heteroatoms. The second-order valence-electron chi connectivity index (χ2n) is 6.70. The van der Waals surface area contributed by atoms with Crippen molar-refractivity contribution < 1.29 is 0 Å². The smallest absolute Gasteiger partial charge is 0.0567 e. The largest absolute Gasteiger partial charge is 0.377 e. The summed E-state index contributed by atoms with van der Waals surface area (Å²) < 4.78 is 1.17. The van der Waals surface area contributed by atoms with Gasteiger partial charge in [-0.15, -0.1) is 0 Å². The fraction of sp³-hybridized carbons (Fsp3) is 0.368. The van der Waals surface area contributed by atoms with E-state index in [0.717, 1.165) is 0 Å². The van der Waals surface area contributed by atoms with Crippen LogP contribution in [0.3, 0.4) is 0 Å². The van der Waals surface area contributed by atoms with Crippen LogP contribution in [0.5, 0.6) is 0 Å². The molecule has 0 amide bonds. The summed E-state index contributed by atoms with van der Waals surface area (Å²) in [5.41, 5.74) is 5.63.